The molecule has 8 heteroatoms. The van der Waals surface area contributed by atoms with Crippen LogP contribution < -0.4 is 5.56 Å². The summed E-state index contributed by atoms with van der Waals surface area (Å²) in [5.74, 6) is -4.22. The third-order valence-corrected chi connectivity index (χ3v) is 3.18. The molecule has 22 heavy (non-hydrogen) atoms. The lowest BCUT2D eigenvalue weighted by molar-refractivity contribution is 0.00665. The Labute approximate surface area is 122 Å². The van der Waals surface area contributed by atoms with Crippen molar-refractivity contribution in [3.8, 4) is 0 Å². The minimum absolute atomic E-state index is 0.109. The molecule has 0 aliphatic heterocycles. The van der Waals surface area contributed by atoms with Crippen molar-refractivity contribution < 1.29 is 13.2 Å². The van der Waals surface area contributed by atoms with Gasteiger partial charge in [-0.25, -0.2) is 4.39 Å². The van der Waals surface area contributed by atoms with Crippen LogP contribution >= 0.6 is 0 Å². The molecule has 0 N–H and O–H groups in total. The molecule has 0 bridgehead atoms. The maximum absolute atomic E-state index is 13.4. The fourth-order valence-electron chi connectivity index (χ4n) is 2.18. The van der Waals surface area contributed by atoms with Crippen LogP contribution in [0.15, 0.2) is 41.5 Å². The number of benzene rings is 1. The monoisotopic (exact) mass is 308 g/mol. The van der Waals surface area contributed by atoms with Crippen molar-refractivity contribution in [1.82, 2.24) is 19.2 Å². The highest BCUT2D eigenvalue weighted by Gasteiger charge is 2.31. The van der Waals surface area contributed by atoms with Gasteiger partial charge in [-0.15, -0.1) is 10.2 Å². The number of hydrogen-bond donors (Lipinski definition) is 0. The largest absolute Gasteiger partial charge is 0.306 e. The number of alkyl halides is 2. The predicted octanol–water partition coefficient (Wildman–Crippen LogP) is 2.19. The number of aromatic nitrogens is 4. The van der Waals surface area contributed by atoms with E-state index in [0.29, 0.717) is 12.5 Å². The summed E-state index contributed by atoms with van der Waals surface area (Å²) >= 11 is 0. The van der Waals surface area contributed by atoms with Crippen LogP contribution in [0.25, 0.3) is 5.65 Å². The molecule has 0 aliphatic carbocycles. The number of fused-ring (bicyclic) bond motifs is 1. The zero-order chi connectivity index (χ0) is 15.9. The average Bonchev–Trinajstić information content (AvgIpc) is 2.87. The number of nitrogens with zero attached hydrogens (tertiary/aromatic N) is 4. The molecule has 0 amide bonds. The van der Waals surface area contributed by atoms with Crippen molar-refractivity contribution in [2.24, 2.45) is 0 Å². The van der Waals surface area contributed by atoms with Gasteiger partial charge in [0.25, 0.3) is 5.56 Å². The average molecular weight is 308 g/mol. The normalized spacial score (nSPS) is 12.0. The zero-order valence-electron chi connectivity index (χ0n) is 11.5. The van der Waals surface area contributed by atoms with E-state index < -0.39 is 23.1 Å². The second-order valence-corrected chi connectivity index (χ2v) is 4.97. The Morgan fingerprint density at radius 3 is 2.68 bits per heavy atom. The van der Waals surface area contributed by atoms with Crippen molar-refractivity contribution in [2.45, 2.75) is 19.4 Å². The van der Waals surface area contributed by atoms with Gasteiger partial charge in [0.15, 0.2) is 0 Å². The second kappa shape index (κ2) is 4.97. The summed E-state index contributed by atoms with van der Waals surface area (Å²) in [5, 5.41) is 6.91. The highest BCUT2D eigenvalue weighted by molar-refractivity contribution is 5.35. The van der Waals surface area contributed by atoms with Crippen molar-refractivity contribution in [1.29, 1.82) is 0 Å². The van der Waals surface area contributed by atoms with Crippen molar-refractivity contribution >= 4 is 5.65 Å². The molecule has 0 unspecified atom stereocenters. The fraction of sp³-hybridized carbons (Fsp3) is 0.214. The summed E-state index contributed by atoms with van der Waals surface area (Å²) in [4.78, 5) is 12.3. The van der Waals surface area contributed by atoms with E-state index in [1.165, 1.54) is 35.2 Å². The van der Waals surface area contributed by atoms with E-state index in [1.807, 2.05) is 0 Å². The first-order valence-corrected chi connectivity index (χ1v) is 6.43. The summed E-state index contributed by atoms with van der Waals surface area (Å²) in [6.45, 7) is 0.791. The van der Waals surface area contributed by atoms with Gasteiger partial charge in [0.2, 0.25) is 11.5 Å². The molecule has 0 saturated carbocycles. The minimum Gasteiger partial charge on any atom is -0.306 e. The second-order valence-electron chi connectivity index (χ2n) is 4.97. The van der Waals surface area contributed by atoms with Crippen molar-refractivity contribution in [2.75, 3.05) is 0 Å². The molecule has 2 heterocycles. The molecule has 0 aliphatic rings. The first kappa shape index (κ1) is 14.3. The van der Waals surface area contributed by atoms with Gasteiger partial charge in [-0.1, -0.05) is 12.1 Å². The minimum atomic E-state index is -3.21. The lowest BCUT2D eigenvalue weighted by atomic mass is 10.2. The highest BCUT2D eigenvalue weighted by Crippen LogP contribution is 2.24. The van der Waals surface area contributed by atoms with E-state index in [2.05, 4.69) is 10.2 Å². The summed E-state index contributed by atoms with van der Waals surface area (Å²) in [6.07, 6.45) is 2.64. The van der Waals surface area contributed by atoms with Gasteiger partial charge in [0.05, 0.1) is 6.54 Å². The summed E-state index contributed by atoms with van der Waals surface area (Å²) in [6, 6.07) is 5.78. The molecule has 3 aromatic rings. The molecular weight excluding hydrogens is 297 g/mol. The predicted molar refractivity (Wildman–Crippen MR) is 72.3 cm³/mol. The van der Waals surface area contributed by atoms with Crippen molar-refractivity contribution in [3.05, 3.63) is 64.2 Å². The third kappa shape index (κ3) is 2.47. The van der Waals surface area contributed by atoms with Crippen LogP contribution in [0.2, 0.25) is 0 Å². The van der Waals surface area contributed by atoms with Gasteiger partial charge in [-0.3, -0.25) is 9.20 Å². The third-order valence-electron chi connectivity index (χ3n) is 3.18. The number of halogens is 3. The van der Waals surface area contributed by atoms with Crippen LogP contribution in [-0.4, -0.2) is 19.2 Å². The molecule has 5 nitrogen and oxygen atoms in total. The van der Waals surface area contributed by atoms with Gasteiger partial charge in [0, 0.05) is 19.3 Å². The summed E-state index contributed by atoms with van der Waals surface area (Å²) in [5.41, 5.74) is -0.197. The molecular formula is C14H11F3N4O. The maximum atomic E-state index is 13.4. The molecule has 0 saturated heterocycles. The molecule has 0 spiro atoms. The molecule has 0 atom stereocenters. The fourth-order valence-corrected chi connectivity index (χ4v) is 2.18. The molecule has 3 rings (SSSR count). The highest BCUT2D eigenvalue weighted by atomic mass is 19.3. The van der Waals surface area contributed by atoms with Gasteiger partial charge in [-0.05, 0) is 17.7 Å². The molecule has 114 valence electrons. The van der Waals surface area contributed by atoms with E-state index >= 15 is 0 Å². The standard InChI is InChI=1S/C14H11F3N4O/c1-14(16,17)13-19-18-11-12(22)20(5-6-21(11)13)8-9-3-2-4-10(15)7-9/h2-7H,8H2,1H3. The quantitative estimate of drug-likeness (QED) is 0.745. The molecule has 0 fully saturated rings. The molecule has 0 radical (unpaired) electrons. The smallest absolute Gasteiger partial charge is 0.304 e. The number of hydrogen-bond acceptors (Lipinski definition) is 3. The lowest BCUT2D eigenvalue weighted by Gasteiger charge is -2.09. The summed E-state index contributed by atoms with van der Waals surface area (Å²) < 4.78 is 42.1. The molecule has 1 aromatic carbocycles. The van der Waals surface area contributed by atoms with E-state index in [9.17, 15) is 18.0 Å². The van der Waals surface area contributed by atoms with Crippen LogP contribution in [0, 0.1) is 5.82 Å². The van der Waals surface area contributed by atoms with Crippen LogP contribution in [-0.2, 0) is 12.5 Å². The van der Waals surface area contributed by atoms with E-state index in [1.54, 1.807) is 6.07 Å². The van der Waals surface area contributed by atoms with Crippen LogP contribution in [0.1, 0.15) is 18.3 Å². The zero-order valence-corrected chi connectivity index (χ0v) is 11.5. The van der Waals surface area contributed by atoms with Crippen LogP contribution in [0.5, 0.6) is 0 Å². The van der Waals surface area contributed by atoms with Crippen LogP contribution in [0.3, 0.4) is 0 Å². The first-order chi connectivity index (χ1) is 10.4. The van der Waals surface area contributed by atoms with Gasteiger partial charge >= 0.3 is 5.92 Å². The summed E-state index contributed by atoms with van der Waals surface area (Å²) in [7, 11) is 0. The van der Waals surface area contributed by atoms with Crippen molar-refractivity contribution in [3.63, 3.8) is 0 Å². The number of rotatable bonds is 3. The van der Waals surface area contributed by atoms with Gasteiger partial charge < -0.3 is 4.57 Å². The van der Waals surface area contributed by atoms with Gasteiger partial charge in [0.1, 0.15) is 5.82 Å². The maximum Gasteiger partial charge on any atom is 0.304 e. The van der Waals surface area contributed by atoms with E-state index in [-0.39, 0.29) is 12.2 Å². The first-order valence-electron chi connectivity index (χ1n) is 6.43. The Morgan fingerprint density at radius 2 is 2.00 bits per heavy atom. The Hall–Kier alpha value is -2.64. The Morgan fingerprint density at radius 1 is 1.23 bits per heavy atom. The topological polar surface area (TPSA) is 52.2 Å². The Kier molecular flexibility index (Phi) is 3.23. The lowest BCUT2D eigenvalue weighted by Crippen LogP contribution is -2.23. The van der Waals surface area contributed by atoms with E-state index in [0.717, 1.165) is 4.40 Å². The SMILES string of the molecule is CC(F)(F)c1nnc2c(=O)n(Cc3cccc(F)c3)ccn12. The van der Waals surface area contributed by atoms with E-state index in [4.69, 9.17) is 0 Å². The Balaban J connectivity index is 2.06. The molecule has 2 aromatic heterocycles. The van der Waals surface area contributed by atoms with Crippen LogP contribution in [0.4, 0.5) is 13.2 Å². The van der Waals surface area contributed by atoms with Gasteiger partial charge in [-0.2, -0.15) is 8.78 Å². The Bertz CT molecular complexity index is 895.